The Morgan fingerprint density at radius 3 is 1.06 bits per heavy atom. The lowest BCUT2D eigenvalue weighted by atomic mass is 9.94. The minimum absolute atomic E-state index is 0.0975. The van der Waals surface area contributed by atoms with Crippen LogP contribution in [0.1, 0.15) is 175 Å². The predicted molar refractivity (Wildman–Crippen MR) is 142 cm³/mol. The van der Waals surface area contributed by atoms with Gasteiger partial charge < -0.3 is 5.11 Å². The number of carboxylic acids is 1. The van der Waals surface area contributed by atoms with Crippen molar-refractivity contribution in [3.8, 4) is 0 Å². The van der Waals surface area contributed by atoms with E-state index in [1.54, 1.807) is 0 Å². The fraction of sp³-hybridized carbons (Fsp3) is 0.967. The number of hydrogen-bond acceptors (Lipinski definition) is 1. The number of hydrogen-bond donors (Lipinski definition) is 1. The van der Waals surface area contributed by atoms with E-state index in [2.05, 4.69) is 20.8 Å². The summed E-state index contributed by atoms with van der Waals surface area (Å²) in [5.74, 6) is 0.203. The second-order valence-corrected chi connectivity index (χ2v) is 10.9. The molecule has 2 heteroatoms. The number of carbonyl (C=O) groups is 1. The van der Waals surface area contributed by atoms with Crippen molar-refractivity contribution in [2.75, 3.05) is 0 Å². The summed E-state index contributed by atoms with van der Waals surface area (Å²) in [5.41, 5.74) is 0. The van der Waals surface area contributed by atoms with Crippen LogP contribution < -0.4 is 0 Å². The molecule has 1 N–H and O–H groups in total. The number of aliphatic carboxylic acids is 1. The van der Waals surface area contributed by atoms with Crippen molar-refractivity contribution in [3.63, 3.8) is 0 Å². The predicted octanol–water partition coefficient (Wildman–Crippen LogP) is 10.7. The molecule has 0 heterocycles. The monoisotopic (exact) mass is 452 g/mol. The van der Waals surface area contributed by atoms with Crippen LogP contribution in [0.5, 0.6) is 0 Å². The second kappa shape index (κ2) is 25.1. The third-order valence-corrected chi connectivity index (χ3v) is 7.09. The molecule has 0 amide bonds. The molecule has 0 aliphatic carbocycles. The topological polar surface area (TPSA) is 37.3 Å². The highest BCUT2D eigenvalue weighted by Gasteiger charge is 2.16. The minimum atomic E-state index is -0.561. The Bertz CT molecular complexity index is 377. The molecule has 0 radical (unpaired) electrons. The first kappa shape index (κ1) is 31.5. The minimum Gasteiger partial charge on any atom is -0.481 e. The van der Waals surface area contributed by atoms with Crippen LogP contribution in [0.2, 0.25) is 0 Å². The van der Waals surface area contributed by atoms with Crippen LogP contribution >= 0.6 is 0 Å². The van der Waals surface area contributed by atoms with Crippen molar-refractivity contribution in [2.45, 2.75) is 175 Å². The summed E-state index contributed by atoms with van der Waals surface area (Å²) in [4.78, 5) is 11.6. The van der Waals surface area contributed by atoms with E-state index in [0.29, 0.717) is 0 Å². The van der Waals surface area contributed by atoms with Crippen molar-refractivity contribution >= 4 is 5.97 Å². The molecule has 0 rings (SSSR count). The van der Waals surface area contributed by atoms with Crippen LogP contribution in [0.15, 0.2) is 0 Å². The molecule has 2 nitrogen and oxygen atoms in total. The van der Waals surface area contributed by atoms with E-state index < -0.39 is 5.97 Å². The third-order valence-electron chi connectivity index (χ3n) is 7.09. The summed E-state index contributed by atoms with van der Waals surface area (Å²) in [6, 6.07) is 0. The number of carboxylic acid groups (broad SMARTS) is 1. The second-order valence-electron chi connectivity index (χ2n) is 10.9. The maximum atomic E-state index is 11.6. The Kier molecular flexibility index (Phi) is 24.7. The molecule has 0 aromatic rings. The Labute approximate surface area is 202 Å². The fourth-order valence-corrected chi connectivity index (χ4v) is 4.80. The largest absolute Gasteiger partial charge is 0.481 e. The molecule has 32 heavy (non-hydrogen) atoms. The van der Waals surface area contributed by atoms with Gasteiger partial charge in [-0.2, -0.15) is 0 Å². The lowest BCUT2D eigenvalue weighted by Crippen LogP contribution is -2.13. The maximum absolute atomic E-state index is 11.6. The van der Waals surface area contributed by atoms with E-state index in [9.17, 15) is 9.90 Å². The normalized spacial score (nSPS) is 12.5. The maximum Gasteiger partial charge on any atom is 0.306 e. The zero-order chi connectivity index (χ0) is 23.7. The highest BCUT2D eigenvalue weighted by Crippen LogP contribution is 2.20. The smallest absolute Gasteiger partial charge is 0.306 e. The Balaban J connectivity index is 3.42. The first-order valence-electron chi connectivity index (χ1n) is 14.8. The third kappa shape index (κ3) is 24.1. The van der Waals surface area contributed by atoms with Gasteiger partial charge in [0.1, 0.15) is 0 Å². The van der Waals surface area contributed by atoms with E-state index in [0.717, 1.165) is 31.6 Å². The van der Waals surface area contributed by atoms with Crippen LogP contribution in [0.25, 0.3) is 0 Å². The molecule has 0 aliphatic heterocycles. The van der Waals surface area contributed by atoms with Gasteiger partial charge in [-0.3, -0.25) is 4.79 Å². The van der Waals surface area contributed by atoms with Gasteiger partial charge in [0.25, 0.3) is 0 Å². The van der Waals surface area contributed by atoms with Crippen LogP contribution in [0.3, 0.4) is 0 Å². The Morgan fingerprint density at radius 2 is 0.781 bits per heavy atom. The summed E-state index contributed by atoms with van der Waals surface area (Å²) < 4.78 is 0. The van der Waals surface area contributed by atoms with Gasteiger partial charge in [-0.1, -0.05) is 162 Å². The lowest BCUT2D eigenvalue weighted by Gasteiger charge is -2.12. The van der Waals surface area contributed by atoms with Crippen molar-refractivity contribution in [1.82, 2.24) is 0 Å². The molecule has 192 valence electrons. The quantitative estimate of drug-likeness (QED) is 0.132. The van der Waals surface area contributed by atoms with E-state index in [-0.39, 0.29) is 5.92 Å². The van der Waals surface area contributed by atoms with Gasteiger partial charge in [0.2, 0.25) is 0 Å². The molecule has 1 atom stereocenters. The number of unbranched alkanes of at least 4 members (excludes halogenated alkanes) is 19. The molecule has 0 fully saturated rings. The summed E-state index contributed by atoms with van der Waals surface area (Å²) in [7, 11) is 0. The van der Waals surface area contributed by atoms with Crippen molar-refractivity contribution in [2.24, 2.45) is 11.8 Å². The van der Waals surface area contributed by atoms with Gasteiger partial charge in [-0.15, -0.1) is 0 Å². The van der Waals surface area contributed by atoms with Gasteiger partial charge >= 0.3 is 5.97 Å². The van der Waals surface area contributed by atoms with E-state index >= 15 is 0 Å². The molecule has 0 aromatic carbocycles. The van der Waals surface area contributed by atoms with E-state index in [1.165, 1.54) is 128 Å². The SMILES string of the molecule is CCCCCCCCCCCCC(CCCCCCCCCCCCCC(C)C)C(=O)O. The number of rotatable bonds is 26. The first-order chi connectivity index (χ1) is 15.6. The molecule has 0 aliphatic rings. The molecule has 0 saturated carbocycles. The van der Waals surface area contributed by atoms with E-state index in [4.69, 9.17) is 0 Å². The Morgan fingerprint density at radius 1 is 0.500 bits per heavy atom. The average Bonchev–Trinajstić information content (AvgIpc) is 2.76. The standard InChI is InChI=1S/C30H60O2/c1-4-5-6-7-8-9-14-17-20-23-26-29(30(31)32)27-24-21-18-15-12-10-11-13-16-19-22-25-28(2)3/h28-29H,4-27H2,1-3H3,(H,31,32). The summed E-state index contributed by atoms with van der Waals surface area (Å²) in [5, 5.41) is 9.52. The lowest BCUT2D eigenvalue weighted by molar-refractivity contribution is -0.142. The van der Waals surface area contributed by atoms with Crippen molar-refractivity contribution in [1.29, 1.82) is 0 Å². The van der Waals surface area contributed by atoms with Crippen molar-refractivity contribution in [3.05, 3.63) is 0 Å². The van der Waals surface area contributed by atoms with Crippen LogP contribution in [-0.4, -0.2) is 11.1 Å². The average molecular weight is 453 g/mol. The zero-order valence-electron chi connectivity index (χ0n) is 22.5. The highest BCUT2D eigenvalue weighted by atomic mass is 16.4. The summed E-state index contributed by atoms with van der Waals surface area (Å²) >= 11 is 0. The zero-order valence-corrected chi connectivity index (χ0v) is 22.5. The first-order valence-corrected chi connectivity index (χ1v) is 14.8. The summed E-state index contributed by atoms with van der Waals surface area (Å²) in [6.07, 6.45) is 31.1. The van der Waals surface area contributed by atoms with Gasteiger partial charge in [0.15, 0.2) is 0 Å². The van der Waals surface area contributed by atoms with Crippen molar-refractivity contribution < 1.29 is 9.90 Å². The summed E-state index contributed by atoms with van der Waals surface area (Å²) in [6.45, 7) is 6.91. The van der Waals surface area contributed by atoms with Crippen LogP contribution in [-0.2, 0) is 4.79 Å². The van der Waals surface area contributed by atoms with Crippen LogP contribution in [0, 0.1) is 11.8 Å². The molecule has 0 aromatic heterocycles. The van der Waals surface area contributed by atoms with Gasteiger partial charge in [-0.25, -0.2) is 0 Å². The van der Waals surface area contributed by atoms with E-state index in [1.807, 2.05) is 0 Å². The van der Waals surface area contributed by atoms with Gasteiger partial charge in [0, 0.05) is 0 Å². The molecule has 1 unspecified atom stereocenters. The molecular formula is C30H60O2. The molecule has 0 saturated heterocycles. The molecular weight excluding hydrogens is 392 g/mol. The molecule has 0 bridgehead atoms. The highest BCUT2D eigenvalue weighted by molar-refractivity contribution is 5.69. The van der Waals surface area contributed by atoms with Gasteiger partial charge in [0.05, 0.1) is 5.92 Å². The Hall–Kier alpha value is -0.530. The van der Waals surface area contributed by atoms with Crippen LogP contribution in [0.4, 0.5) is 0 Å². The molecule has 0 spiro atoms. The fourth-order valence-electron chi connectivity index (χ4n) is 4.80. The van der Waals surface area contributed by atoms with Gasteiger partial charge in [-0.05, 0) is 18.8 Å².